The number of hydrogen-bond acceptors (Lipinski definition) is 4. The summed E-state index contributed by atoms with van der Waals surface area (Å²) in [5, 5.41) is 7.55. The van der Waals surface area contributed by atoms with Crippen LogP contribution in [0, 0.1) is 0 Å². The van der Waals surface area contributed by atoms with Crippen molar-refractivity contribution in [3.05, 3.63) is 52.5 Å². The van der Waals surface area contributed by atoms with Crippen molar-refractivity contribution >= 4 is 58.0 Å². The molecular weight excluding hydrogens is 434 g/mol. The third-order valence-electron chi connectivity index (χ3n) is 3.66. The number of anilines is 1. The first kappa shape index (κ1) is 19.8. The highest BCUT2D eigenvalue weighted by atomic mass is 35.5. The summed E-state index contributed by atoms with van der Waals surface area (Å²) >= 11 is 23.6. The predicted octanol–water partition coefficient (Wildman–Crippen LogP) is 6.07. The summed E-state index contributed by atoms with van der Waals surface area (Å²) in [5.74, 6) is 0.382. The summed E-state index contributed by atoms with van der Waals surface area (Å²) in [6.45, 7) is 0. The monoisotopic (exact) mass is 444 g/mol. The summed E-state index contributed by atoms with van der Waals surface area (Å²) < 4.78 is 10.8. The van der Waals surface area contributed by atoms with Gasteiger partial charge in [0.2, 0.25) is 0 Å². The van der Waals surface area contributed by atoms with Crippen molar-refractivity contribution in [1.82, 2.24) is 5.16 Å². The lowest BCUT2D eigenvalue weighted by atomic mass is 10.1. The fourth-order valence-electron chi connectivity index (χ4n) is 2.44. The van der Waals surface area contributed by atoms with E-state index in [2.05, 4.69) is 10.5 Å². The Bertz CT molecular complexity index is 968. The summed E-state index contributed by atoms with van der Waals surface area (Å²) in [6.07, 6.45) is 0. The SMILES string of the molecule is COc1ccc(NC(=O)C(Cl)Cl)cc1-c1cc(-c2c(Cl)cccc2Cl)no1. The quantitative estimate of drug-likeness (QED) is 0.484. The van der Waals surface area contributed by atoms with Crippen LogP contribution < -0.4 is 10.1 Å². The van der Waals surface area contributed by atoms with Crippen LogP contribution in [0.5, 0.6) is 5.75 Å². The zero-order valence-corrected chi connectivity index (χ0v) is 16.8. The molecule has 9 heteroatoms. The van der Waals surface area contributed by atoms with Crippen LogP contribution in [0.3, 0.4) is 0 Å². The normalized spacial score (nSPS) is 10.9. The number of nitrogens with zero attached hydrogens (tertiary/aromatic N) is 1. The summed E-state index contributed by atoms with van der Waals surface area (Å²) in [4.78, 5) is 10.5. The second-order valence-electron chi connectivity index (χ2n) is 5.38. The summed E-state index contributed by atoms with van der Waals surface area (Å²) in [7, 11) is 1.52. The molecule has 0 unspecified atom stereocenters. The Balaban J connectivity index is 2.01. The molecule has 0 aliphatic rings. The number of nitrogens with one attached hydrogen (secondary N) is 1. The van der Waals surface area contributed by atoms with Crippen molar-refractivity contribution in [2.24, 2.45) is 0 Å². The molecule has 1 amide bonds. The van der Waals surface area contributed by atoms with Crippen LogP contribution in [-0.4, -0.2) is 23.0 Å². The second kappa shape index (κ2) is 8.40. The molecule has 0 saturated carbocycles. The smallest absolute Gasteiger partial charge is 0.257 e. The summed E-state index contributed by atoms with van der Waals surface area (Å²) in [6, 6.07) is 11.8. The number of methoxy groups -OCH3 is 1. The highest BCUT2D eigenvalue weighted by molar-refractivity contribution is 6.54. The van der Waals surface area contributed by atoms with E-state index in [4.69, 9.17) is 55.7 Å². The number of rotatable bonds is 5. The molecule has 3 rings (SSSR count). The minimum absolute atomic E-state index is 0.405. The largest absolute Gasteiger partial charge is 0.496 e. The van der Waals surface area contributed by atoms with E-state index in [1.54, 1.807) is 42.5 Å². The Morgan fingerprint density at radius 3 is 2.48 bits per heavy atom. The van der Waals surface area contributed by atoms with Crippen LogP contribution in [-0.2, 0) is 4.79 Å². The van der Waals surface area contributed by atoms with E-state index in [-0.39, 0.29) is 0 Å². The van der Waals surface area contributed by atoms with Gasteiger partial charge in [0.05, 0.1) is 22.7 Å². The Kier molecular flexibility index (Phi) is 6.17. The minimum atomic E-state index is -1.19. The van der Waals surface area contributed by atoms with Crippen LogP contribution in [0.25, 0.3) is 22.6 Å². The lowest BCUT2D eigenvalue weighted by Crippen LogP contribution is -2.18. The van der Waals surface area contributed by atoms with E-state index < -0.39 is 10.7 Å². The molecule has 1 N–H and O–H groups in total. The highest BCUT2D eigenvalue weighted by Crippen LogP contribution is 2.38. The number of amides is 1. The molecule has 1 heterocycles. The van der Waals surface area contributed by atoms with Gasteiger partial charge in [0, 0.05) is 17.3 Å². The molecule has 3 aromatic rings. The molecule has 0 spiro atoms. The van der Waals surface area contributed by atoms with Crippen molar-refractivity contribution in [2.75, 3.05) is 12.4 Å². The van der Waals surface area contributed by atoms with Crippen LogP contribution in [0.15, 0.2) is 47.0 Å². The standard InChI is InChI=1S/C18H12Cl4N2O3/c1-26-14-6-5-9(23-18(25)17(21)22)7-10(14)15-8-13(24-27-15)16-11(19)3-2-4-12(16)20/h2-8,17H,1H3,(H,23,25). The van der Waals surface area contributed by atoms with E-state index in [9.17, 15) is 4.79 Å². The number of halogens is 4. The molecule has 0 saturated heterocycles. The third kappa shape index (κ3) is 4.33. The molecule has 0 atom stereocenters. The van der Waals surface area contributed by atoms with E-state index >= 15 is 0 Å². The Morgan fingerprint density at radius 1 is 1.15 bits per heavy atom. The van der Waals surface area contributed by atoms with Crippen molar-refractivity contribution < 1.29 is 14.1 Å². The molecule has 0 radical (unpaired) electrons. The van der Waals surface area contributed by atoms with Crippen LogP contribution in [0.2, 0.25) is 10.0 Å². The zero-order valence-electron chi connectivity index (χ0n) is 13.8. The fourth-order valence-corrected chi connectivity index (χ4v) is 3.14. The van der Waals surface area contributed by atoms with Gasteiger partial charge in [0.15, 0.2) is 10.6 Å². The van der Waals surface area contributed by atoms with Gasteiger partial charge < -0.3 is 14.6 Å². The summed E-state index contributed by atoms with van der Waals surface area (Å²) in [5.41, 5.74) is 2.07. The van der Waals surface area contributed by atoms with Gasteiger partial charge in [-0.1, -0.05) is 57.6 Å². The van der Waals surface area contributed by atoms with Crippen LogP contribution in [0.4, 0.5) is 5.69 Å². The molecule has 27 heavy (non-hydrogen) atoms. The van der Waals surface area contributed by atoms with E-state index in [0.717, 1.165) is 0 Å². The molecule has 0 bridgehead atoms. The average molecular weight is 446 g/mol. The fraction of sp³-hybridized carbons (Fsp3) is 0.111. The number of carbonyl (C=O) groups is 1. The maximum Gasteiger partial charge on any atom is 0.257 e. The number of carbonyl (C=O) groups excluding carboxylic acids is 1. The predicted molar refractivity (Wildman–Crippen MR) is 108 cm³/mol. The van der Waals surface area contributed by atoms with Gasteiger partial charge in [0.25, 0.3) is 5.91 Å². The maximum absolute atomic E-state index is 11.7. The first-order valence-corrected chi connectivity index (χ1v) is 9.22. The van der Waals surface area contributed by atoms with Crippen LogP contribution in [0.1, 0.15) is 0 Å². The van der Waals surface area contributed by atoms with Crippen molar-refractivity contribution in [1.29, 1.82) is 0 Å². The Morgan fingerprint density at radius 2 is 1.85 bits per heavy atom. The van der Waals surface area contributed by atoms with Gasteiger partial charge in [-0.2, -0.15) is 0 Å². The molecule has 2 aromatic carbocycles. The van der Waals surface area contributed by atoms with Crippen LogP contribution >= 0.6 is 46.4 Å². The number of alkyl halides is 2. The first-order chi connectivity index (χ1) is 12.9. The molecule has 5 nitrogen and oxygen atoms in total. The highest BCUT2D eigenvalue weighted by Gasteiger charge is 2.18. The number of ether oxygens (including phenoxy) is 1. The van der Waals surface area contributed by atoms with Gasteiger partial charge >= 0.3 is 0 Å². The van der Waals surface area contributed by atoms with E-state index in [0.29, 0.717) is 44.1 Å². The number of hydrogen-bond donors (Lipinski definition) is 1. The van der Waals surface area contributed by atoms with Gasteiger partial charge in [0.1, 0.15) is 11.4 Å². The number of aromatic nitrogens is 1. The maximum atomic E-state index is 11.7. The topological polar surface area (TPSA) is 64.4 Å². The average Bonchev–Trinajstić information content (AvgIpc) is 3.11. The molecule has 0 fully saturated rings. The van der Waals surface area contributed by atoms with Gasteiger partial charge in [-0.15, -0.1) is 0 Å². The van der Waals surface area contributed by atoms with Gasteiger partial charge in [-0.25, -0.2) is 0 Å². The van der Waals surface area contributed by atoms with Crippen molar-refractivity contribution in [3.8, 4) is 28.3 Å². The molecule has 0 aliphatic heterocycles. The van der Waals surface area contributed by atoms with Gasteiger partial charge in [-0.05, 0) is 30.3 Å². The third-order valence-corrected chi connectivity index (χ3v) is 4.69. The minimum Gasteiger partial charge on any atom is -0.496 e. The van der Waals surface area contributed by atoms with E-state index in [1.165, 1.54) is 7.11 Å². The second-order valence-corrected chi connectivity index (χ2v) is 7.29. The molecule has 140 valence electrons. The zero-order chi connectivity index (χ0) is 19.6. The Hall–Kier alpha value is -1.92. The van der Waals surface area contributed by atoms with Gasteiger partial charge in [-0.3, -0.25) is 4.79 Å². The lowest BCUT2D eigenvalue weighted by Gasteiger charge is -2.10. The molecule has 0 aliphatic carbocycles. The molecule has 1 aromatic heterocycles. The van der Waals surface area contributed by atoms with Crippen molar-refractivity contribution in [2.45, 2.75) is 4.84 Å². The lowest BCUT2D eigenvalue weighted by molar-refractivity contribution is -0.114. The molecular formula is C18H12Cl4N2O3. The van der Waals surface area contributed by atoms with E-state index in [1.807, 2.05) is 0 Å². The number of benzene rings is 2. The van der Waals surface area contributed by atoms with Crippen molar-refractivity contribution in [3.63, 3.8) is 0 Å². The Labute approximate surface area is 175 Å². The first-order valence-electron chi connectivity index (χ1n) is 7.59.